The molecule has 1 fully saturated rings. The molecule has 2 heterocycles. The van der Waals surface area contributed by atoms with Crippen LogP contribution in [0.3, 0.4) is 0 Å². The molecule has 1 amide bonds. The smallest absolute Gasteiger partial charge is 0.264 e. The quantitative estimate of drug-likeness (QED) is 0.844. The molecule has 2 atom stereocenters. The van der Waals surface area contributed by atoms with E-state index in [9.17, 15) is 14.7 Å². The van der Waals surface area contributed by atoms with Gasteiger partial charge in [0.15, 0.2) is 5.60 Å². The fraction of sp³-hybridized carbons (Fsp3) is 0.500. The highest BCUT2D eigenvalue weighted by Gasteiger charge is 2.57. The number of hydrogen-bond acceptors (Lipinski definition) is 4. The minimum atomic E-state index is -1.82. The number of likely N-dealkylation sites (N-methyl/N-ethyl adjacent to an activating group) is 1. The van der Waals surface area contributed by atoms with Crippen molar-refractivity contribution in [2.45, 2.75) is 31.5 Å². The molecule has 0 unspecified atom stereocenters. The average Bonchev–Trinajstić information content (AvgIpc) is 2.61. The lowest BCUT2D eigenvalue weighted by Gasteiger charge is -2.39. The maximum absolute atomic E-state index is 12.6. The number of amides is 1. The first-order valence-corrected chi connectivity index (χ1v) is 7.04. The highest BCUT2D eigenvalue weighted by molar-refractivity contribution is 6.09. The molecule has 21 heavy (non-hydrogen) atoms. The number of fused-ring (bicyclic) bond motifs is 1. The van der Waals surface area contributed by atoms with E-state index >= 15 is 0 Å². The molecule has 1 saturated heterocycles. The first-order valence-electron chi connectivity index (χ1n) is 7.04. The van der Waals surface area contributed by atoms with Crippen molar-refractivity contribution in [3.8, 4) is 0 Å². The molecule has 0 bridgehead atoms. The standard InChI is InChI=1S/C16H19NO4/c1-15(2)8-13(18)11(9-21-15)16(20)10-6-4-5-7-12(10)17(3)14(16)19/h4-7,11,20H,8-9H2,1-3H3/t11-,16+/m0/s1. The molecule has 0 spiro atoms. The van der Waals surface area contributed by atoms with Crippen LogP contribution in [-0.4, -0.2) is 36.1 Å². The second-order valence-electron chi connectivity index (χ2n) is 6.41. The number of nitrogens with zero attached hydrogens (tertiary/aromatic N) is 1. The van der Waals surface area contributed by atoms with E-state index in [2.05, 4.69) is 0 Å². The van der Waals surface area contributed by atoms with Gasteiger partial charge in [0.05, 0.1) is 23.8 Å². The number of carbonyl (C=O) groups excluding carboxylic acids is 2. The molecule has 1 aromatic carbocycles. The third-order valence-electron chi connectivity index (χ3n) is 4.44. The summed E-state index contributed by atoms with van der Waals surface area (Å²) in [6.07, 6.45) is 0.194. The van der Waals surface area contributed by atoms with E-state index in [0.29, 0.717) is 11.3 Å². The summed E-state index contributed by atoms with van der Waals surface area (Å²) in [5, 5.41) is 11.1. The summed E-state index contributed by atoms with van der Waals surface area (Å²) in [7, 11) is 1.61. The van der Waals surface area contributed by atoms with E-state index in [1.165, 1.54) is 4.90 Å². The van der Waals surface area contributed by atoms with Crippen molar-refractivity contribution in [3.05, 3.63) is 29.8 Å². The van der Waals surface area contributed by atoms with Gasteiger partial charge in [0.25, 0.3) is 5.91 Å². The normalized spacial score (nSPS) is 31.4. The molecule has 0 aliphatic carbocycles. The molecule has 1 N–H and O–H groups in total. The molecular weight excluding hydrogens is 270 g/mol. The second-order valence-corrected chi connectivity index (χ2v) is 6.41. The molecule has 0 saturated carbocycles. The maximum atomic E-state index is 12.6. The lowest BCUT2D eigenvalue weighted by atomic mass is 9.76. The lowest BCUT2D eigenvalue weighted by Crippen LogP contribution is -2.54. The van der Waals surface area contributed by atoms with Crippen LogP contribution in [0.1, 0.15) is 25.8 Å². The first-order chi connectivity index (χ1) is 9.77. The topological polar surface area (TPSA) is 66.8 Å². The summed E-state index contributed by atoms with van der Waals surface area (Å²) < 4.78 is 5.67. The van der Waals surface area contributed by atoms with Crippen molar-refractivity contribution in [3.63, 3.8) is 0 Å². The van der Waals surface area contributed by atoms with Crippen molar-refractivity contribution in [2.24, 2.45) is 5.92 Å². The predicted molar refractivity (Wildman–Crippen MR) is 76.9 cm³/mol. The Kier molecular flexibility index (Phi) is 2.97. The van der Waals surface area contributed by atoms with Gasteiger partial charge in [0, 0.05) is 19.0 Å². The van der Waals surface area contributed by atoms with Gasteiger partial charge in [0.2, 0.25) is 0 Å². The van der Waals surface area contributed by atoms with Crippen LogP contribution in [0.2, 0.25) is 0 Å². The number of ketones is 1. The van der Waals surface area contributed by atoms with Crippen LogP contribution in [0.4, 0.5) is 5.69 Å². The van der Waals surface area contributed by atoms with Crippen molar-refractivity contribution >= 4 is 17.4 Å². The number of ether oxygens (including phenoxy) is 1. The molecular formula is C16H19NO4. The number of para-hydroxylation sites is 1. The number of rotatable bonds is 1. The summed E-state index contributed by atoms with van der Waals surface area (Å²) in [4.78, 5) is 26.4. The minimum absolute atomic E-state index is 0.0518. The minimum Gasteiger partial charge on any atom is -0.375 e. The lowest BCUT2D eigenvalue weighted by molar-refractivity contribution is -0.172. The zero-order valence-electron chi connectivity index (χ0n) is 12.4. The number of aliphatic hydroxyl groups is 1. The number of anilines is 1. The number of Topliss-reactive ketones (excluding diaryl/α,β-unsaturated/α-hetero) is 1. The van der Waals surface area contributed by atoms with Crippen molar-refractivity contribution in [1.82, 2.24) is 0 Å². The molecule has 0 aromatic heterocycles. The Morgan fingerprint density at radius 3 is 2.62 bits per heavy atom. The monoisotopic (exact) mass is 289 g/mol. The fourth-order valence-corrected chi connectivity index (χ4v) is 3.25. The van der Waals surface area contributed by atoms with Gasteiger partial charge in [-0.1, -0.05) is 18.2 Å². The SMILES string of the molecule is CN1C(=O)[C@](O)([C@H]2COC(C)(C)CC2=O)c2ccccc21. The second kappa shape index (κ2) is 4.39. The van der Waals surface area contributed by atoms with Crippen LogP contribution in [0.5, 0.6) is 0 Å². The first kappa shape index (κ1) is 14.2. The van der Waals surface area contributed by atoms with Crippen LogP contribution in [0, 0.1) is 5.92 Å². The maximum Gasteiger partial charge on any atom is 0.264 e. The summed E-state index contributed by atoms with van der Waals surface area (Å²) in [6, 6.07) is 7.03. The van der Waals surface area contributed by atoms with Crippen molar-refractivity contribution in [1.29, 1.82) is 0 Å². The number of hydrogen-bond donors (Lipinski definition) is 1. The van der Waals surface area contributed by atoms with Crippen LogP contribution in [0.25, 0.3) is 0 Å². The highest BCUT2D eigenvalue weighted by atomic mass is 16.5. The van der Waals surface area contributed by atoms with Gasteiger partial charge >= 0.3 is 0 Å². The molecule has 3 rings (SSSR count). The van der Waals surface area contributed by atoms with Crippen molar-refractivity contribution in [2.75, 3.05) is 18.6 Å². The van der Waals surface area contributed by atoms with Crippen LogP contribution in [0.15, 0.2) is 24.3 Å². The van der Waals surface area contributed by atoms with Gasteiger partial charge in [-0.2, -0.15) is 0 Å². The summed E-state index contributed by atoms with van der Waals surface area (Å²) in [6.45, 7) is 3.72. The van der Waals surface area contributed by atoms with Gasteiger partial charge in [0.1, 0.15) is 5.78 Å². The summed E-state index contributed by atoms with van der Waals surface area (Å²) >= 11 is 0. The van der Waals surface area contributed by atoms with E-state index in [1.807, 2.05) is 13.8 Å². The molecule has 0 radical (unpaired) electrons. The van der Waals surface area contributed by atoms with E-state index in [0.717, 1.165) is 0 Å². The molecule has 2 aliphatic rings. The highest BCUT2D eigenvalue weighted by Crippen LogP contribution is 2.46. The van der Waals surface area contributed by atoms with Gasteiger partial charge in [-0.25, -0.2) is 0 Å². The van der Waals surface area contributed by atoms with Crippen LogP contribution < -0.4 is 4.90 Å². The van der Waals surface area contributed by atoms with E-state index in [-0.39, 0.29) is 18.8 Å². The molecule has 2 aliphatic heterocycles. The largest absolute Gasteiger partial charge is 0.375 e. The third kappa shape index (κ3) is 1.92. The Morgan fingerprint density at radius 1 is 1.29 bits per heavy atom. The predicted octanol–water partition coefficient (Wildman–Crippen LogP) is 1.23. The summed E-state index contributed by atoms with van der Waals surface area (Å²) in [5.41, 5.74) is -1.24. The Bertz CT molecular complexity index is 624. The Morgan fingerprint density at radius 2 is 1.95 bits per heavy atom. The van der Waals surface area contributed by atoms with Crippen LogP contribution in [-0.2, 0) is 19.9 Å². The summed E-state index contributed by atoms with van der Waals surface area (Å²) in [5.74, 6) is -1.46. The zero-order chi connectivity index (χ0) is 15.4. The van der Waals surface area contributed by atoms with Gasteiger partial charge in [-0.05, 0) is 19.9 Å². The zero-order valence-corrected chi connectivity index (χ0v) is 12.4. The van der Waals surface area contributed by atoms with Crippen molar-refractivity contribution < 1.29 is 19.4 Å². The Labute approximate surface area is 123 Å². The van der Waals surface area contributed by atoms with E-state index in [4.69, 9.17) is 4.74 Å². The number of benzene rings is 1. The fourth-order valence-electron chi connectivity index (χ4n) is 3.25. The molecule has 5 heteroatoms. The Hall–Kier alpha value is -1.72. The van der Waals surface area contributed by atoms with Gasteiger partial charge < -0.3 is 14.7 Å². The van der Waals surface area contributed by atoms with Crippen LogP contribution >= 0.6 is 0 Å². The molecule has 1 aromatic rings. The average molecular weight is 289 g/mol. The van der Waals surface area contributed by atoms with Gasteiger partial charge in [-0.3, -0.25) is 9.59 Å². The third-order valence-corrected chi connectivity index (χ3v) is 4.44. The van der Waals surface area contributed by atoms with E-state index in [1.54, 1.807) is 31.3 Å². The number of carbonyl (C=O) groups is 2. The molecule has 112 valence electrons. The molecule has 5 nitrogen and oxygen atoms in total. The Balaban J connectivity index is 2.05. The van der Waals surface area contributed by atoms with Gasteiger partial charge in [-0.15, -0.1) is 0 Å². The van der Waals surface area contributed by atoms with E-state index < -0.39 is 23.0 Å².